The second-order valence-corrected chi connectivity index (χ2v) is 7.90. The Labute approximate surface area is 138 Å². The number of nitrogens with one attached hydrogen (secondary N) is 1. The zero-order valence-electron chi connectivity index (χ0n) is 10.4. The normalized spacial score (nSPS) is 12.6. The van der Waals surface area contributed by atoms with Crippen LogP contribution in [0.2, 0.25) is 0 Å². The minimum absolute atomic E-state index is 0.122. The molecule has 0 aliphatic heterocycles. The van der Waals surface area contributed by atoms with Crippen LogP contribution in [-0.4, -0.2) is 6.54 Å². The van der Waals surface area contributed by atoms with Crippen molar-refractivity contribution in [2.24, 2.45) is 0 Å². The van der Waals surface area contributed by atoms with Crippen molar-refractivity contribution < 1.29 is 4.39 Å². The molecule has 2 rings (SSSR count). The molecule has 5 heteroatoms. The minimum atomic E-state index is -0.224. The molecule has 1 unspecified atom stereocenters. The molecule has 0 saturated carbocycles. The van der Waals surface area contributed by atoms with Crippen LogP contribution < -0.4 is 5.32 Å². The summed E-state index contributed by atoms with van der Waals surface area (Å²) in [5.74, 6) is -0.224. The summed E-state index contributed by atoms with van der Waals surface area (Å²) in [6.07, 6.45) is 1.07. The quantitative estimate of drug-likeness (QED) is 0.602. The van der Waals surface area contributed by atoms with Gasteiger partial charge in [-0.05, 0) is 86.2 Å². The van der Waals surface area contributed by atoms with Crippen LogP contribution in [0.4, 0.5) is 4.39 Å². The largest absolute Gasteiger partial charge is 0.306 e. The van der Waals surface area contributed by atoms with E-state index in [-0.39, 0.29) is 11.9 Å². The molecular weight excluding hydrogens is 440 g/mol. The van der Waals surface area contributed by atoms with Crippen molar-refractivity contribution in [3.8, 4) is 0 Å². The van der Waals surface area contributed by atoms with E-state index < -0.39 is 0 Å². The van der Waals surface area contributed by atoms with Crippen LogP contribution in [0.5, 0.6) is 0 Å². The zero-order chi connectivity index (χ0) is 13.8. The number of hydrogen-bond donors (Lipinski definition) is 1. The molecule has 1 atom stereocenters. The smallest absolute Gasteiger partial charge is 0.137 e. The van der Waals surface area contributed by atoms with E-state index in [2.05, 4.69) is 62.2 Å². The molecule has 0 bridgehead atoms. The first-order valence-corrected chi connectivity index (χ1v) is 8.79. The lowest BCUT2D eigenvalue weighted by atomic mass is 10.0. The Morgan fingerprint density at radius 3 is 2.74 bits per heavy atom. The molecule has 1 nitrogen and oxygen atoms in total. The van der Waals surface area contributed by atoms with E-state index in [4.69, 9.17) is 0 Å². The van der Waals surface area contributed by atoms with Crippen molar-refractivity contribution in [2.45, 2.75) is 19.4 Å². The molecule has 1 N–H and O–H groups in total. The van der Waals surface area contributed by atoms with E-state index in [1.807, 2.05) is 12.1 Å². The number of hydrogen-bond acceptors (Lipinski definition) is 2. The van der Waals surface area contributed by atoms with Gasteiger partial charge in [0.15, 0.2) is 0 Å². The second-order valence-electron chi connectivity index (χ2n) is 4.24. The summed E-state index contributed by atoms with van der Waals surface area (Å²) >= 11 is 7.31. The lowest BCUT2D eigenvalue weighted by molar-refractivity contribution is 0.592. The molecular formula is C14H14BrFINS. The summed E-state index contributed by atoms with van der Waals surface area (Å²) in [6.45, 7) is 3.08. The fourth-order valence-electron chi connectivity index (χ4n) is 1.88. The van der Waals surface area contributed by atoms with Gasteiger partial charge in [-0.25, -0.2) is 4.39 Å². The van der Waals surface area contributed by atoms with Gasteiger partial charge in [-0.1, -0.05) is 13.0 Å². The van der Waals surface area contributed by atoms with Crippen molar-refractivity contribution in [3.63, 3.8) is 0 Å². The standard InChI is InChI=1S/C14H14BrFINS/c1-2-5-18-14(10-7-13(17)19-8-10)9-3-4-12(16)11(15)6-9/h3-4,6-8,14,18H,2,5H2,1H3. The van der Waals surface area contributed by atoms with Crippen molar-refractivity contribution in [1.82, 2.24) is 5.32 Å². The molecule has 0 amide bonds. The van der Waals surface area contributed by atoms with Gasteiger partial charge in [0.05, 0.1) is 13.4 Å². The monoisotopic (exact) mass is 453 g/mol. The van der Waals surface area contributed by atoms with Gasteiger partial charge in [0.25, 0.3) is 0 Å². The first kappa shape index (κ1) is 15.4. The zero-order valence-corrected chi connectivity index (χ0v) is 15.0. The maximum atomic E-state index is 13.4. The number of thiophene rings is 1. The summed E-state index contributed by atoms with van der Waals surface area (Å²) in [5, 5.41) is 5.68. The van der Waals surface area contributed by atoms with E-state index in [9.17, 15) is 4.39 Å². The number of benzene rings is 1. The van der Waals surface area contributed by atoms with Crippen LogP contribution >= 0.6 is 49.9 Å². The Hall–Kier alpha value is 0.0200. The molecule has 0 radical (unpaired) electrons. The molecule has 0 saturated heterocycles. The Morgan fingerprint density at radius 1 is 1.37 bits per heavy atom. The Balaban J connectivity index is 2.33. The summed E-state index contributed by atoms with van der Waals surface area (Å²) in [6, 6.07) is 7.51. The highest BCUT2D eigenvalue weighted by atomic mass is 127. The molecule has 0 aliphatic carbocycles. The second kappa shape index (κ2) is 7.15. The van der Waals surface area contributed by atoms with Gasteiger partial charge in [-0.15, -0.1) is 11.3 Å². The first-order chi connectivity index (χ1) is 9.11. The lowest BCUT2D eigenvalue weighted by Crippen LogP contribution is -2.22. The van der Waals surface area contributed by atoms with E-state index in [0.717, 1.165) is 18.5 Å². The SMILES string of the molecule is CCCNC(c1csc(I)c1)c1ccc(F)c(Br)c1. The molecule has 19 heavy (non-hydrogen) atoms. The van der Waals surface area contributed by atoms with Crippen LogP contribution in [0.25, 0.3) is 0 Å². The maximum Gasteiger partial charge on any atom is 0.137 e. The summed E-state index contributed by atoms with van der Waals surface area (Å²) in [7, 11) is 0. The van der Waals surface area contributed by atoms with Crippen LogP contribution in [0, 0.1) is 8.70 Å². The highest BCUT2D eigenvalue weighted by molar-refractivity contribution is 14.1. The molecule has 0 spiro atoms. The van der Waals surface area contributed by atoms with Gasteiger partial charge in [0.2, 0.25) is 0 Å². The topological polar surface area (TPSA) is 12.0 Å². The lowest BCUT2D eigenvalue weighted by Gasteiger charge is -2.18. The summed E-state index contributed by atoms with van der Waals surface area (Å²) < 4.78 is 15.1. The van der Waals surface area contributed by atoms with E-state index in [0.29, 0.717) is 4.47 Å². The summed E-state index contributed by atoms with van der Waals surface area (Å²) in [5.41, 5.74) is 2.32. The molecule has 1 aromatic heterocycles. The van der Waals surface area contributed by atoms with Gasteiger partial charge in [0, 0.05) is 0 Å². The molecule has 102 valence electrons. The molecule has 1 aromatic carbocycles. The number of halogens is 3. The number of rotatable bonds is 5. The highest BCUT2D eigenvalue weighted by Crippen LogP contribution is 2.29. The van der Waals surface area contributed by atoms with Crippen molar-refractivity contribution >= 4 is 49.9 Å². The molecule has 1 heterocycles. The van der Waals surface area contributed by atoms with Gasteiger partial charge < -0.3 is 5.32 Å². The van der Waals surface area contributed by atoms with Gasteiger partial charge in [-0.2, -0.15) is 0 Å². The Morgan fingerprint density at radius 2 is 2.16 bits per heavy atom. The third kappa shape index (κ3) is 4.00. The fraction of sp³-hybridized carbons (Fsp3) is 0.286. The van der Waals surface area contributed by atoms with Gasteiger partial charge in [-0.3, -0.25) is 0 Å². The summed E-state index contributed by atoms with van der Waals surface area (Å²) in [4.78, 5) is 0. The fourth-order valence-corrected chi connectivity index (χ4v) is 3.68. The van der Waals surface area contributed by atoms with Crippen LogP contribution in [0.3, 0.4) is 0 Å². The van der Waals surface area contributed by atoms with E-state index >= 15 is 0 Å². The predicted octanol–water partition coefficient (Wildman–Crippen LogP) is 5.34. The predicted molar refractivity (Wildman–Crippen MR) is 91.3 cm³/mol. The third-order valence-corrected chi connectivity index (χ3v) is 5.21. The Bertz CT molecular complexity index is 558. The van der Waals surface area contributed by atoms with Crippen molar-refractivity contribution in [1.29, 1.82) is 0 Å². The highest BCUT2D eigenvalue weighted by Gasteiger charge is 2.16. The van der Waals surface area contributed by atoms with Crippen molar-refractivity contribution in [2.75, 3.05) is 6.54 Å². The van der Waals surface area contributed by atoms with E-state index in [1.165, 1.54) is 14.5 Å². The molecule has 0 aliphatic rings. The maximum absolute atomic E-state index is 13.4. The average Bonchev–Trinajstić information content (AvgIpc) is 2.80. The Kier molecular flexibility index (Phi) is 5.80. The molecule has 2 aromatic rings. The van der Waals surface area contributed by atoms with Crippen LogP contribution in [-0.2, 0) is 0 Å². The minimum Gasteiger partial charge on any atom is -0.306 e. The molecule has 0 fully saturated rings. The average molecular weight is 454 g/mol. The van der Waals surface area contributed by atoms with Crippen molar-refractivity contribution in [3.05, 3.63) is 53.9 Å². The van der Waals surface area contributed by atoms with Gasteiger partial charge >= 0.3 is 0 Å². The van der Waals surface area contributed by atoms with Crippen LogP contribution in [0.1, 0.15) is 30.5 Å². The van der Waals surface area contributed by atoms with E-state index in [1.54, 1.807) is 11.3 Å². The first-order valence-electron chi connectivity index (χ1n) is 6.04. The third-order valence-electron chi connectivity index (χ3n) is 2.80. The van der Waals surface area contributed by atoms with Gasteiger partial charge in [0.1, 0.15) is 5.82 Å². The van der Waals surface area contributed by atoms with Crippen LogP contribution in [0.15, 0.2) is 34.1 Å².